The minimum absolute atomic E-state index is 0.803. The first-order valence-corrected chi connectivity index (χ1v) is 9.57. The van der Waals surface area contributed by atoms with E-state index in [-0.39, 0.29) is 0 Å². The van der Waals surface area contributed by atoms with Crippen molar-refractivity contribution in [2.24, 2.45) is 23.7 Å². The van der Waals surface area contributed by atoms with Gasteiger partial charge in [-0.25, -0.2) is 0 Å². The molecule has 0 aromatic rings. The standard InChI is InChI=1S/C20H36O/c1-3-6-17-8-12-19(13-9-17)20-14-10-18(11-15-20)7-5-16-21-4-2/h5,7,17-20H,3-4,6,8-16H2,1-2H3. The summed E-state index contributed by atoms with van der Waals surface area (Å²) in [5, 5.41) is 0. The minimum Gasteiger partial charge on any atom is -0.378 e. The maximum absolute atomic E-state index is 5.38. The predicted octanol–water partition coefficient (Wildman–Crippen LogP) is 5.99. The molecule has 2 fully saturated rings. The zero-order valence-corrected chi connectivity index (χ0v) is 14.4. The molecule has 0 aromatic carbocycles. The summed E-state index contributed by atoms with van der Waals surface area (Å²) in [5.41, 5.74) is 0. The Kier molecular flexibility index (Phi) is 7.85. The Balaban J connectivity index is 1.64. The summed E-state index contributed by atoms with van der Waals surface area (Å²) in [5.74, 6) is 4.00. The molecule has 0 aliphatic heterocycles. The van der Waals surface area contributed by atoms with Gasteiger partial charge >= 0.3 is 0 Å². The lowest BCUT2D eigenvalue weighted by molar-refractivity contribution is 0.151. The highest BCUT2D eigenvalue weighted by Gasteiger charge is 2.29. The predicted molar refractivity (Wildman–Crippen MR) is 91.4 cm³/mol. The van der Waals surface area contributed by atoms with Crippen LogP contribution in [0.1, 0.15) is 78.1 Å². The molecule has 2 rings (SSSR count). The van der Waals surface area contributed by atoms with Gasteiger partial charge in [0.1, 0.15) is 0 Å². The Bertz CT molecular complexity index is 280. The number of ether oxygens (including phenoxy) is 1. The van der Waals surface area contributed by atoms with Gasteiger partial charge in [-0.15, -0.1) is 0 Å². The number of allylic oxidation sites excluding steroid dienone is 1. The zero-order valence-electron chi connectivity index (χ0n) is 14.4. The normalized spacial score (nSPS) is 34.4. The molecule has 2 aliphatic carbocycles. The minimum atomic E-state index is 0.803. The molecule has 0 aromatic heterocycles. The van der Waals surface area contributed by atoms with Crippen LogP contribution < -0.4 is 0 Å². The summed E-state index contributed by atoms with van der Waals surface area (Å²) >= 11 is 0. The Labute approximate surface area is 132 Å². The van der Waals surface area contributed by atoms with Gasteiger partial charge < -0.3 is 4.74 Å². The molecule has 21 heavy (non-hydrogen) atoms. The lowest BCUT2D eigenvalue weighted by Gasteiger charge is -2.37. The topological polar surface area (TPSA) is 9.23 Å². The van der Waals surface area contributed by atoms with Crippen molar-refractivity contribution in [2.45, 2.75) is 78.1 Å². The molecule has 0 saturated heterocycles. The molecule has 122 valence electrons. The van der Waals surface area contributed by atoms with Crippen molar-refractivity contribution < 1.29 is 4.74 Å². The summed E-state index contributed by atoms with van der Waals surface area (Å²) in [6.45, 7) is 6.04. The molecule has 0 atom stereocenters. The van der Waals surface area contributed by atoms with Gasteiger partial charge in [0.2, 0.25) is 0 Å². The van der Waals surface area contributed by atoms with Crippen molar-refractivity contribution in [3.8, 4) is 0 Å². The summed E-state index contributed by atoms with van der Waals surface area (Å²) < 4.78 is 5.38. The maximum Gasteiger partial charge on any atom is 0.0647 e. The second-order valence-corrected chi connectivity index (χ2v) is 7.33. The molecule has 2 saturated carbocycles. The fourth-order valence-electron chi connectivity index (χ4n) is 4.60. The van der Waals surface area contributed by atoms with E-state index >= 15 is 0 Å². The molecule has 1 heteroatoms. The molecule has 2 aliphatic rings. The van der Waals surface area contributed by atoms with Crippen LogP contribution in [-0.2, 0) is 4.74 Å². The van der Waals surface area contributed by atoms with Crippen LogP contribution in [0.15, 0.2) is 12.2 Å². The van der Waals surface area contributed by atoms with Crippen molar-refractivity contribution in [3.63, 3.8) is 0 Å². The third-order valence-electron chi connectivity index (χ3n) is 5.90. The molecule has 0 unspecified atom stereocenters. The van der Waals surface area contributed by atoms with Gasteiger partial charge in [0.25, 0.3) is 0 Å². The first-order chi connectivity index (χ1) is 10.3. The molecule has 0 spiro atoms. The Morgan fingerprint density at radius 1 is 0.857 bits per heavy atom. The van der Waals surface area contributed by atoms with Crippen molar-refractivity contribution >= 4 is 0 Å². The van der Waals surface area contributed by atoms with Gasteiger partial charge in [0.15, 0.2) is 0 Å². The maximum atomic E-state index is 5.38. The van der Waals surface area contributed by atoms with Crippen LogP contribution in [0.4, 0.5) is 0 Å². The fourth-order valence-corrected chi connectivity index (χ4v) is 4.60. The Morgan fingerprint density at radius 3 is 2.05 bits per heavy atom. The first-order valence-electron chi connectivity index (χ1n) is 9.57. The van der Waals surface area contributed by atoms with Gasteiger partial charge in [-0.05, 0) is 69.1 Å². The van der Waals surface area contributed by atoms with E-state index in [1.165, 1.54) is 64.2 Å². The fraction of sp³-hybridized carbons (Fsp3) is 0.900. The smallest absolute Gasteiger partial charge is 0.0647 e. The third kappa shape index (κ3) is 5.77. The van der Waals surface area contributed by atoms with E-state index in [9.17, 15) is 0 Å². The first kappa shape index (κ1) is 17.1. The molecule has 0 bridgehead atoms. The van der Waals surface area contributed by atoms with Crippen LogP contribution in [0, 0.1) is 23.7 Å². The third-order valence-corrected chi connectivity index (χ3v) is 5.90. The number of hydrogen-bond donors (Lipinski definition) is 0. The van der Waals surface area contributed by atoms with E-state index in [0.29, 0.717) is 0 Å². The second kappa shape index (κ2) is 9.66. The molecule has 1 nitrogen and oxygen atoms in total. The van der Waals surface area contributed by atoms with E-state index in [1.807, 2.05) is 0 Å². The van der Waals surface area contributed by atoms with Crippen LogP contribution in [0.5, 0.6) is 0 Å². The van der Waals surface area contributed by atoms with E-state index in [2.05, 4.69) is 26.0 Å². The van der Waals surface area contributed by atoms with Crippen molar-refractivity contribution in [3.05, 3.63) is 12.2 Å². The molecule has 0 N–H and O–H groups in total. The quantitative estimate of drug-likeness (QED) is 0.413. The van der Waals surface area contributed by atoms with Gasteiger partial charge in [0.05, 0.1) is 6.61 Å². The van der Waals surface area contributed by atoms with Crippen molar-refractivity contribution in [2.75, 3.05) is 13.2 Å². The van der Waals surface area contributed by atoms with Gasteiger partial charge in [0, 0.05) is 6.61 Å². The average molecular weight is 293 g/mol. The molecule has 0 radical (unpaired) electrons. The van der Waals surface area contributed by atoms with E-state index in [1.54, 1.807) is 0 Å². The number of rotatable bonds is 7. The molecule has 0 heterocycles. The van der Waals surface area contributed by atoms with Crippen molar-refractivity contribution in [1.29, 1.82) is 0 Å². The molecule has 0 amide bonds. The van der Waals surface area contributed by atoms with E-state index < -0.39 is 0 Å². The lowest BCUT2D eigenvalue weighted by atomic mass is 9.69. The molecular weight excluding hydrogens is 256 g/mol. The zero-order chi connectivity index (χ0) is 14.9. The largest absolute Gasteiger partial charge is 0.378 e. The summed E-state index contributed by atoms with van der Waals surface area (Å²) in [6, 6.07) is 0. The van der Waals surface area contributed by atoms with E-state index in [4.69, 9.17) is 4.74 Å². The molecular formula is C20H36O. The van der Waals surface area contributed by atoms with Crippen LogP contribution in [0.3, 0.4) is 0 Å². The summed E-state index contributed by atoms with van der Waals surface area (Å²) in [4.78, 5) is 0. The lowest BCUT2D eigenvalue weighted by Crippen LogP contribution is -2.25. The van der Waals surface area contributed by atoms with Crippen molar-refractivity contribution in [1.82, 2.24) is 0 Å². The van der Waals surface area contributed by atoms with Crippen LogP contribution >= 0.6 is 0 Å². The van der Waals surface area contributed by atoms with Crippen LogP contribution in [0.2, 0.25) is 0 Å². The van der Waals surface area contributed by atoms with Gasteiger partial charge in [-0.2, -0.15) is 0 Å². The highest BCUT2D eigenvalue weighted by molar-refractivity contribution is 4.92. The highest BCUT2D eigenvalue weighted by Crippen LogP contribution is 2.42. The SMILES string of the molecule is CCCC1CCC(C2CCC(C=CCOCC)CC2)CC1. The monoisotopic (exact) mass is 292 g/mol. The van der Waals surface area contributed by atoms with E-state index in [0.717, 1.165) is 36.9 Å². The highest BCUT2D eigenvalue weighted by atomic mass is 16.5. The Morgan fingerprint density at radius 2 is 1.48 bits per heavy atom. The van der Waals surface area contributed by atoms with Crippen LogP contribution in [-0.4, -0.2) is 13.2 Å². The number of hydrogen-bond acceptors (Lipinski definition) is 1. The second-order valence-electron chi connectivity index (χ2n) is 7.33. The van der Waals surface area contributed by atoms with Gasteiger partial charge in [-0.3, -0.25) is 0 Å². The van der Waals surface area contributed by atoms with Crippen LogP contribution in [0.25, 0.3) is 0 Å². The Hall–Kier alpha value is -0.300. The summed E-state index contributed by atoms with van der Waals surface area (Å²) in [6.07, 6.45) is 19.4. The van der Waals surface area contributed by atoms with Gasteiger partial charge in [-0.1, -0.05) is 44.8 Å². The average Bonchev–Trinajstić information content (AvgIpc) is 2.53. The summed E-state index contributed by atoms with van der Waals surface area (Å²) in [7, 11) is 0.